The van der Waals surface area contributed by atoms with Crippen LogP contribution in [0.2, 0.25) is 0 Å². The second kappa shape index (κ2) is 9.31. The third-order valence-corrected chi connectivity index (χ3v) is 3.85. The Hall–Kier alpha value is -3.22. The normalized spacial score (nSPS) is 11.0. The average molecular weight is 352 g/mol. The molecule has 0 saturated carbocycles. The highest BCUT2D eigenvalue weighted by Crippen LogP contribution is 2.30. The number of ether oxygens (including phenoxy) is 1. The number of nitrogens with zero attached hydrogens (tertiary/aromatic N) is 2. The minimum Gasteiger partial charge on any atom is -0.477 e. The molecule has 0 fully saturated rings. The zero-order chi connectivity index (χ0) is 18.9. The lowest BCUT2D eigenvalue weighted by atomic mass is 10.1. The quantitative estimate of drug-likeness (QED) is 0.519. The molecule has 0 unspecified atom stereocenters. The summed E-state index contributed by atoms with van der Waals surface area (Å²) in [5.41, 5.74) is 4.69. The van der Waals surface area contributed by atoms with Gasteiger partial charge >= 0.3 is 0 Å². The molecular formula is C19H24N6O. The molecule has 2 heterocycles. The lowest BCUT2D eigenvalue weighted by molar-refractivity contribution is 0.328. The van der Waals surface area contributed by atoms with Gasteiger partial charge in [-0.05, 0) is 43.7 Å². The zero-order valence-corrected chi connectivity index (χ0v) is 15.3. The Morgan fingerprint density at radius 2 is 2.15 bits per heavy atom. The Bertz CT molecular complexity index is 816. The molecule has 7 nitrogen and oxygen atoms in total. The molecule has 0 aromatic carbocycles. The van der Waals surface area contributed by atoms with Crippen molar-refractivity contribution in [2.75, 3.05) is 25.5 Å². The van der Waals surface area contributed by atoms with Crippen molar-refractivity contribution >= 4 is 18.1 Å². The Morgan fingerprint density at radius 3 is 2.81 bits per heavy atom. The molecule has 2 aromatic rings. The fourth-order valence-corrected chi connectivity index (χ4v) is 2.45. The van der Waals surface area contributed by atoms with Gasteiger partial charge in [-0.2, -0.15) is 0 Å². The molecule has 26 heavy (non-hydrogen) atoms. The minimum atomic E-state index is 0.512. The van der Waals surface area contributed by atoms with Gasteiger partial charge in [0.2, 0.25) is 5.88 Å². The van der Waals surface area contributed by atoms with Crippen LogP contribution in [0.3, 0.4) is 0 Å². The highest BCUT2D eigenvalue weighted by atomic mass is 16.5. The predicted octanol–water partition coefficient (Wildman–Crippen LogP) is 3.01. The van der Waals surface area contributed by atoms with E-state index in [2.05, 4.69) is 20.6 Å². The third kappa shape index (κ3) is 4.44. The van der Waals surface area contributed by atoms with Crippen LogP contribution in [0, 0.1) is 17.7 Å². The van der Waals surface area contributed by atoms with Crippen molar-refractivity contribution in [3.05, 3.63) is 47.4 Å². The Kier molecular flexibility index (Phi) is 6.84. The minimum absolute atomic E-state index is 0.512. The summed E-state index contributed by atoms with van der Waals surface area (Å²) < 4.78 is 5.61. The molecule has 4 N–H and O–H groups in total. The van der Waals surface area contributed by atoms with Crippen molar-refractivity contribution in [3.63, 3.8) is 0 Å². The van der Waals surface area contributed by atoms with E-state index in [4.69, 9.17) is 15.6 Å². The highest BCUT2D eigenvalue weighted by molar-refractivity contribution is 5.83. The molecule has 0 saturated heterocycles. The van der Waals surface area contributed by atoms with E-state index >= 15 is 0 Å². The number of anilines is 1. The fourth-order valence-electron chi connectivity index (χ4n) is 2.45. The molecule has 0 spiro atoms. The molecule has 0 radical (unpaired) electrons. The van der Waals surface area contributed by atoms with Crippen LogP contribution < -0.4 is 15.4 Å². The van der Waals surface area contributed by atoms with Gasteiger partial charge in [0.1, 0.15) is 0 Å². The molecule has 0 atom stereocenters. The topological polar surface area (TPSA) is 107 Å². The SMILES string of the molecule is CCOc1ncccc1-c1cc(NC/C(=C/C=N)NC)c(C)c(C=N)n1. The smallest absolute Gasteiger partial charge is 0.222 e. The Morgan fingerprint density at radius 1 is 1.35 bits per heavy atom. The monoisotopic (exact) mass is 352 g/mol. The van der Waals surface area contributed by atoms with Gasteiger partial charge < -0.3 is 26.2 Å². The summed E-state index contributed by atoms with van der Waals surface area (Å²) in [6.45, 7) is 4.87. The first-order chi connectivity index (χ1) is 12.6. The Labute approximate surface area is 153 Å². The highest BCUT2D eigenvalue weighted by Gasteiger charge is 2.13. The van der Waals surface area contributed by atoms with Crippen molar-refractivity contribution in [1.29, 1.82) is 10.8 Å². The van der Waals surface area contributed by atoms with Crippen molar-refractivity contribution < 1.29 is 4.74 Å². The largest absolute Gasteiger partial charge is 0.477 e. The van der Waals surface area contributed by atoms with E-state index in [-0.39, 0.29) is 0 Å². The second-order valence-corrected chi connectivity index (χ2v) is 5.46. The van der Waals surface area contributed by atoms with E-state index in [1.807, 2.05) is 39.1 Å². The number of hydrogen-bond donors (Lipinski definition) is 4. The van der Waals surface area contributed by atoms with Gasteiger partial charge in [-0.15, -0.1) is 0 Å². The summed E-state index contributed by atoms with van der Waals surface area (Å²) in [5.74, 6) is 0.521. The number of aromatic nitrogens is 2. The van der Waals surface area contributed by atoms with Crippen LogP contribution in [0.5, 0.6) is 5.88 Å². The maximum atomic E-state index is 7.68. The molecule has 0 aliphatic carbocycles. The number of nitrogens with one attached hydrogen (secondary N) is 4. The average Bonchev–Trinajstić information content (AvgIpc) is 2.67. The van der Waals surface area contributed by atoms with Crippen LogP contribution in [0.15, 0.2) is 36.2 Å². The number of likely N-dealkylation sites (N-methyl/N-ethyl adjacent to an activating group) is 1. The first kappa shape index (κ1) is 19.1. The molecule has 136 valence electrons. The molecule has 2 aromatic heterocycles. The summed E-state index contributed by atoms with van der Waals surface area (Å²) in [5, 5.41) is 21.3. The van der Waals surface area contributed by atoms with Crippen LogP contribution in [0.4, 0.5) is 5.69 Å². The van der Waals surface area contributed by atoms with Gasteiger partial charge in [-0.25, -0.2) is 9.97 Å². The van der Waals surface area contributed by atoms with Crippen LogP contribution in [-0.2, 0) is 0 Å². The summed E-state index contributed by atoms with van der Waals surface area (Å²) in [6, 6.07) is 5.67. The van der Waals surface area contributed by atoms with Gasteiger partial charge in [0.05, 0.1) is 30.1 Å². The van der Waals surface area contributed by atoms with Crippen molar-refractivity contribution in [3.8, 4) is 17.1 Å². The van der Waals surface area contributed by atoms with Gasteiger partial charge in [-0.1, -0.05) is 0 Å². The van der Waals surface area contributed by atoms with E-state index in [9.17, 15) is 0 Å². The van der Waals surface area contributed by atoms with Gasteiger partial charge in [-0.3, -0.25) is 0 Å². The van der Waals surface area contributed by atoms with Crippen LogP contribution in [0.1, 0.15) is 18.2 Å². The second-order valence-electron chi connectivity index (χ2n) is 5.46. The first-order valence-corrected chi connectivity index (χ1v) is 8.36. The molecule has 2 rings (SSSR count). The number of pyridine rings is 2. The summed E-state index contributed by atoms with van der Waals surface area (Å²) >= 11 is 0. The Balaban J connectivity index is 2.45. The third-order valence-electron chi connectivity index (χ3n) is 3.85. The maximum absolute atomic E-state index is 7.68. The van der Waals surface area contributed by atoms with Crippen LogP contribution in [0.25, 0.3) is 11.3 Å². The van der Waals surface area contributed by atoms with Gasteiger partial charge in [0.25, 0.3) is 0 Å². The van der Waals surface area contributed by atoms with Crippen molar-refractivity contribution in [2.24, 2.45) is 0 Å². The molecule has 7 heteroatoms. The lowest BCUT2D eigenvalue weighted by Crippen LogP contribution is -2.17. The standard InChI is InChI=1S/C19H24N6O/c1-4-26-19-15(6-5-9-23-19)17-10-16(13(2)18(11-21)25-17)24-12-14(22-3)7-8-20/h5-11,20-22H,4,12H2,1-3H3,(H,24,25)/b14-7-,20-8?,21-11?. The van der Waals surface area contributed by atoms with Crippen LogP contribution in [-0.4, -0.2) is 42.6 Å². The molecular weight excluding hydrogens is 328 g/mol. The molecule has 0 aliphatic heterocycles. The molecule has 0 bridgehead atoms. The molecule has 0 aliphatic rings. The van der Waals surface area contributed by atoms with Crippen molar-refractivity contribution in [2.45, 2.75) is 13.8 Å². The summed E-state index contributed by atoms with van der Waals surface area (Å²) in [4.78, 5) is 8.86. The fraction of sp³-hybridized carbons (Fsp3) is 0.263. The summed E-state index contributed by atoms with van der Waals surface area (Å²) in [7, 11) is 1.81. The van der Waals surface area contributed by atoms with E-state index in [0.29, 0.717) is 30.4 Å². The zero-order valence-electron chi connectivity index (χ0n) is 15.3. The number of hydrogen-bond acceptors (Lipinski definition) is 7. The first-order valence-electron chi connectivity index (χ1n) is 8.36. The van der Waals surface area contributed by atoms with E-state index in [0.717, 1.165) is 22.5 Å². The lowest BCUT2D eigenvalue weighted by Gasteiger charge is -2.16. The summed E-state index contributed by atoms with van der Waals surface area (Å²) in [6.07, 6.45) is 5.86. The van der Waals surface area contributed by atoms with Crippen LogP contribution >= 0.6 is 0 Å². The maximum Gasteiger partial charge on any atom is 0.222 e. The van der Waals surface area contributed by atoms with E-state index in [1.54, 1.807) is 12.3 Å². The van der Waals surface area contributed by atoms with Gasteiger partial charge in [0, 0.05) is 37.1 Å². The predicted molar refractivity (Wildman–Crippen MR) is 106 cm³/mol. The van der Waals surface area contributed by atoms with E-state index < -0.39 is 0 Å². The number of allylic oxidation sites excluding steroid dienone is 1. The molecule has 0 amide bonds. The van der Waals surface area contributed by atoms with Crippen molar-refractivity contribution in [1.82, 2.24) is 15.3 Å². The number of rotatable bonds is 9. The van der Waals surface area contributed by atoms with E-state index in [1.165, 1.54) is 12.4 Å². The van der Waals surface area contributed by atoms with Gasteiger partial charge in [0.15, 0.2) is 0 Å².